The van der Waals surface area contributed by atoms with Crippen LogP contribution in [0.3, 0.4) is 0 Å². The number of nitrogens with one attached hydrogen (secondary N) is 3. The average Bonchev–Trinajstić information content (AvgIpc) is 3.58. The van der Waals surface area contributed by atoms with Crippen molar-refractivity contribution >= 4 is 40.9 Å². The van der Waals surface area contributed by atoms with Crippen LogP contribution in [0.1, 0.15) is 52.2 Å². The van der Waals surface area contributed by atoms with Gasteiger partial charge in [0.2, 0.25) is 0 Å². The Bertz CT molecular complexity index is 1650. The third-order valence-electron chi connectivity index (χ3n) is 6.25. The van der Waals surface area contributed by atoms with Gasteiger partial charge in [-0.1, -0.05) is 12.1 Å². The first kappa shape index (κ1) is 29.7. The first-order valence-corrected chi connectivity index (χ1v) is 13.0. The van der Waals surface area contributed by atoms with Crippen LogP contribution in [0.2, 0.25) is 0 Å². The molecule has 0 aliphatic heterocycles. The number of anilines is 3. The van der Waals surface area contributed by atoms with Crippen molar-refractivity contribution in [2.45, 2.75) is 26.4 Å². The van der Waals surface area contributed by atoms with Crippen LogP contribution in [0.25, 0.3) is 11.1 Å². The van der Waals surface area contributed by atoms with Crippen LogP contribution >= 0.6 is 0 Å². The number of carbonyl (C=O) groups excluding carboxylic acids is 4. The first-order valence-electron chi connectivity index (χ1n) is 13.0. The fourth-order valence-corrected chi connectivity index (χ4v) is 4.30. The van der Waals surface area contributed by atoms with Crippen molar-refractivity contribution in [2.75, 3.05) is 23.1 Å². The van der Waals surface area contributed by atoms with Crippen molar-refractivity contribution in [1.29, 1.82) is 0 Å². The minimum Gasteiger partial charge on any atom is -0.464 e. The van der Waals surface area contributed by atoms with Crippen LogP contribution in [0.5, 0.6) is 0 Å². The molecule has 4 rings (SSSR count). The second kappa shape index (κ2) is 11.7. The minimum atomic E-state index is -0.653. The molecule has 0 radical (unpaired) electrons. The largest absolute Gasteiger partial charge is 0.464 e. The molecule has 12 heteroatoms. The number of aryl methyl sites for hydroxylation is 3. The van der Waals surface area contributed by atoms with E-state index in [0.29, 0.717) is 34.1 Å². The molecule has 0 saturated heterocycles. The number of methoxy groups -OCH3 is 1. The molecule has 4 aromatic rings. The SMILES string of the molecule is COC(=O)c1cc(-c2ccc(NC(=O)c3cc(NC(=O)c4cc(NC(=O)OC(C)(C)C)cn4C)cn3C)cc2)cn1C. The average molecular weight is 575 g/mol. The van der Waals surface area contributed by atoms with Gasteiger partial charge < -0.3 is 33.8 Å². The molecule has 1 aromatic carbocycles. The second-order valence-electron chi connectivity index (χ2n) is 10.8. The summed E-state index contributed by atoms with van der Waals surface area (Å²) in [4.78, 5) is 50.0. The summed E-state index contributed by atoms with van der Waals surface area (Å²) >= 11 is 0. The number of esters is 1. The van der Waals surface area contributed by atoms with Crippen molar-refractivity contribution in [3.8, 4) is 11.1 Å². The van der Waals surface area contributed by atoms with Gasteiger partial charge in [-0.25, -0.2) is 9.59 Å². The number of nitrogens with zero attached hydrogens (tertiary/aromatic N) is 3. The lowest BCUT2D eigenvalue weighted by Crippen LogP contribution is -2.27. The monoisotopic (exact) mass is 574 g/mol. The summed E-state index contributed by atoms with van der Waals surface area (Å²) in [5.74, 6) is -1.20. The molecule has 42 heavy (non-hydrogen) atoms. The van der Waals surface area contributed by atoms with E-state index in [4.69, 9.17) is 9.47 Å². The number of rotatable bonds is 7. The van der Waals surface area contributed by atoms with Gasteiger partial charge in [0.15, 0.2) is 0 Å². The summed E-state index contributed by atoms with van der Waals surface area (Å²) in [5, 5.41) is 8.26. The highest BCUT2D eigenvalue weighted by Crippen LogP contribution is 2.25. The maximum absolute atomic E-state index is 13.0. The molecule has 0 atom stereocenters. The zero-order valence-corrected chi connectivity index (χ0v) is 24.6. The molecule has 0 aliphatic rings. The van der Waals surface area contributed by atoms with E-state index in [1.807, 2.05) is 18.3 Å². The van der Waals surface area contributed by atoms with E-state index in [9.17, 15) is 19.2 Å². The van der Waals surface area contributed by atoms with Gasteiger partial charge in [-0.3, -0.25) is 14.9 Å². The predicted molar refractivity (Wildman–Crippen MR) is 159 cm³/mol. The standard InChI is InChI=1S/C30H34N6O6/c1-30(2,3)42-29(40)33-22-14-24(36(6)17-22)27(38)32-21-13-23(35(5)16-21)26(37)31-20-10-8-18(9-11-20)19-12-25(28(39)41-7)34(4)15-19/h8-17H,1-7H3,(H,31,37)(H,32,38)(H,33,40). The van der Waals surface area contributed by atoms with E-state index >= 15 is 0 Å². The molecular weight excluding hydrogens is 540 g/mol. The van der Waals surface area contributed by atoms with Crippen molar-refractivity contribution in [3.63, 3.8) is 0 Å². The lowest BCUT2D eigenvalue weighted by molar-refractivity contribution is 0.0587. The van der Waals surface area contributed by atoms with E-state index in [1.54, 1.807) is 92.3 Å². The minimum absolute atomic E-state index is 0.299. The molecule has 3 amide bonds. The maximum atomic E-state index is 13.0. The predicted octanol–water partition coefficient (Wildman–Crippen LogP) is 5.01. The molecule has 0 bridgehead atoms. The number of ether oxygens (including phenoxy) is 2. The first-order chi connectivity index (χ1) is 19.7. The lowest BCUT2D eigenvalue weighted by atomic mass is 10.1. The van der Waals surface area contributed by atoms with Gasteiger partial charge in [0.05, 0.1) is 18.5 Å². The zero-order chi connectivity index (χ0) is 30.8. The van der Waals surface area contributed by atoms with E-state index in [1.165, 1.54) is 13.2 Å². The number of hydrogen-bond donors (Lipinski definition) is 3. The Hall–Kier alpha value is -5.26. The van der Waals surface area contributed by atoms with Gasteiger partial charge in [-0.2, -0.15) is 0 Å². The van der Waals surface area contributed by atoms with Gasteiger partial charge in [0, 0.05) is 51.0 Å². The molecule has 0 aliphatic carbocycles. The van der Waals surface area contributed by atoms with E-state index < -0.39 is 23.6 Å². The summed E-state index contributed by atoms with van der Waals surface area (Å²) in [7, 11) is 6.48. The maximum Gasteiger partial charge on any atom is 0.412 e. The van der Waals surface area contributed by atoms with Crippen LogP contribution < -0.4 is 16.0 Å². The third-order valence-corrected chi connectivity index (χ3v) is 6.25. The van der Waals surface area contributed by atoms with Crippen LogP contribution in [0, 0.1) is 0 Å². The highest BCUT2D eigenvalue weighted by Gasteiger charge is 2.20. The van der Waals surface area contributed by atoms with Crippen LogP contribution in [-0.2, 0) is 30.6 Å². The van der Waals surface area contributed by atoms with E-state index in [-0.39, 0.29) is 5.91 Å². The van der Waals surface area contributed by atoms with E-state index in [0.717, 1.165) is 11.1 Å². The Kier molecular flexibility index (Phi) is 8.27. The Labute approximate surface area is 243 Å². The van der Waals surface area contributed by atoms with Gasteiger partial charge in [0.25, 0.3) is 11.8 Å². The molecule has 3 N–H and O–H groups in total. The van der Waals surface area contributed by atoms with E-state index in [2.05, 4.69) is 16.0 Å². The van der Waals surface area contributed by atoms with Gasteiger partial charge >= 0.3 is 12.1 Å². The Morgan fingerprint density at radius 1 is 0.643 bits per heavy atom. The third kappa shape index (κ3) is 6.89. The summed E-state index contributed by atoms with van der Waals surface area (Å²) in [6.45, 7) is 5.28. The number of amides is 3. The summed E-state index contributed by atoms with van der Waals surface area (Å²) in [6, 6.07) is 12.1. The highest BCUT2D eigenvalue weighted by atomic mass is 16.6. The Morgan fingerprint density at radius 3 is 1.67 bits per heavy atom. The quantitative estimate of drug-likeness (QED) is 0.266. The highest BCUT2D eigenvalue weighted by molar-refractivity contribution is 6.07. The molecule has 12 nitrogen and oxygen atoms in total. The Morgan fingerprint density at radius 2 is 1.14 bits per heavy atom. The fraction of sp³-hybridized carbons (Fsp3) is 0.267. The molecule has 0 saturated carbocycles. The summed E-state index contributed by atoms with van der Waals surface area (Å²) in [5.41, 5.74) is 3.53. The van der Waals surface area contributed by atoms with Crippen molar-refractivity contribution in [1.82, 2.24) is 13.7 Å². The van der Waals surface area contributed by atoms with Gasteiger partial charge in [-0.05, 0) is 56.7 Å². The second-order valence-corrected chi connectivity index (χ2v) is 10.8. The smallest absolute Gasteiger partial charge is 0.412 e. The summed E-state index contributed by atoms with van der Waals surface area (Å²) in [6.07, 6.45) is 4.44. The number of carbonyl (C=O) groups is 4. The lowest BCUT2D eigenvalue weighted by Gasteiger charge is -2.19. The molecule has 0 unspecified atom stereocenters. The normalized spacial score (nSPS) is 11.1. The molecule has 0 spiro atoms. The van der Waals surface area contributed by atoms with Crippen molar-refractivity contribution in [2.24, 2.45) is 21.1 Å². The summed E-state index contributed by atoms with van der Waals surface area (Å²) < 4.78 is 14.9. The van der Waals surface area contributed by atoms with Crippen LogP contribution in [-0.4, -0.2) is 50.3 Å². The number of benzene rings is 1. The van der Waals surface area contributed by atoms with Crippen LogP contribution in [0.4, 0.5) is 21.9 Å². The van der Waals surface area contributed by atoms with Gasteiger partial charge in [-0.15, -0.1) is 0 Å². The zero-order valence-electron chi connectivity index (χ0n) is 24.6. The number of hydrogen-bond acceptors (Lipinski definition) is 6. The molecule has 0 fully saturated rings. The van der Waals surface area contributed by atoms with Crippen molar-refractivity contribution in [3.05, 3.63) is 78.1 Å². The van der Waals surface area contributed by atoms with Crippen molar-refractivity contribution < 1.29 is 28.7 Å². The molecule has 3 aromatic heterocycles. The van der Waals surface area contributed by atoms with Gasteiger partial charge in [0.1, 0.15) is 22.7 Å². The van der Waals surface area contributed by atoms with Crippen LogP contribution in [0.15, 0.2) is 61.1 Å². The molecular formula is C30H34N6O6. The number of aromatic nitrogens is 3. The topological polar surface area (TPSA) is 138 Å². The Balaban J connectivity index is 1.40. The fourth-order valence-electron chi connectivity index (χ4n) is 4.30. The molecule has 220 valence electrons. The molecule has 3 heterocycles.